The molecule has 1 aliphatic rings. The number of nitrogens with one attached hydrogen (secondary N) is 2. The van der Waals surface area contributed by atoms with Gasteiger partial charge in [-0.15, -0.1) is 0 Å². The molecule has 168 valence electrons. The fraction of sp³-hybridized carbons (Fsp3) is 0.259. The smallest absolute Gasteiger partial charge is 0.259 e. The average molecular weight is 441 g/mol. The lowest BCUT2D eigenvalue weighted by Gasteiger charge is -2.17. The highest BCUT2D eigenvalue weighted by molar-refractivity contribution is 6.50. The van der Waals surface area contributed by atoms with Gasteiger partial charge >= 0.3 is 0 Å². The number of aryl methyl sites for hydroxylation is 1. The van der Waals surface area contributed by atoms with E-state index in [-0.39, 0.29) is 11.8 Å². The normalized spacial score (nSPS) is 14.3. The number of amides is 2. The van der Waals surface area contributed by atoms with Crippen LogP contribution in [0.1, 0.15) is 31.4 Å². The largest absolute Gasteiger partial charge is 0.361 e. The van der Waals surface area contributed by atoms with Gasteiger partial charge in [-0.1, -0.05) is 50.2 Å². The zero-order valence-corrected chi connectivity index (χ0v) is 19.0. The van der Waals surface area contributed by atoms with Gasteiger partial charge in [-0.25, -0.2) is 0 Å². The summed E-state index contributed by atoms with van der Waals surface area (Å²) in [6, 6.07) is 15.9. The summed E-state index contributed by atoms with van der Waals surface area (Å²) in [7, 11) is 0. The van der Waals surface area contributed by atoms with E-state index in [2.05, 4.69) is 39.7 Å². The Labute approximate surface area is 192 Å². The van der Waals surface area contributed by atoms with Crippen LogP contribution in [0.25, 0.3) is 33.0 Å². The molecule has 33 heavy (non-hydrogen) atoms. The number of H-pyrrole nitrogens is 1. The number of aromatic amines is 1. The van der Waals surface area contributed by atoms with E-state index >= 15 is 0 Å². The zero-order valence-electron chi connectivity index (χ0n) is 19.0. The van der Waals surface area contributed by atoms with Crippen molar-refractivity contribution in [2.24, 2.45) is 0 Å². The van der Waals surface area contributed by atoms with Gasteiger partial charge in [0.1, 0.15) is 0 Å². The summed E-state index contributed by atoms with van der Waals surface area (Å²) in [6.07, 6.45) is 4.87. The van der Waals surface area contributed by atoms with Gasteiger partial charge in [0.25, 0.3) is 11.8 Å². The second-order valence-corrected chi connectivity index (χ2v) is 8.41. The van der Waals surface area contributed by atoms with Crippen molar-refractivity contribution in [1.82, 2.24) is 19.8 Å². The molecule has 0 fully saturated rings. The molecule has 2 amide bonds. The predicted octanol–water partition coefficient (Wildman–Crippen LogP) is 4.42. The van der Waals surface area contributed by atoms with E-state index in [0.717, 1.165) is 65.5 Å². The van der Waals surface area contributed by atoms with Crippen molar-refractivity contribution >= 4 is 44.8 Å². The number of fused-ring (bicyclic) bond motifs is 2. The molecule has 2 aromatic carbocycles. The van der Waals surface area contributed by atoms with Crippen molar-refractivity contribution in [3.63, 3.8) is 0 Å². The number of aromatic nitrogens is 2. The third-order valence-electron chi connectivity index (χ3n) is 6.62. The topological polar surface area (TPSA) is 70.1 Å². The highest BCUT2D eigenvalue weighted by Crippen LogP contribution is 2.38. The van der Waals surface area contributed by atoms with Crippen LogP contribution in [0, 0.1) is 0 Å². The predicted molar refractivity (Wildman–Crippen MR) is 133 cm³/mol. The molecule has 0 atom stereocenters. The number of nitrogens with zero attached hydrogens (tertiary/aromatic N) is 2. The van der Waals surface area contributed by atoms with Crippen LogP contribution in [0.5, 0.6) is 0 Å². The Morgan fingerprint density at radius 1 is 0.848 bits per heavy atom. The Kier molecular flexibility index (Phi) is 5.60. The SMILES string of the molecule is CCN(CC)CCCn1cc(C2=C(c3c[nH]c4ccccc34)C(=O)NC2=O)c2ccccc21. The minimum Gasteiger partial charge on any atom is -0.361 e. The molecule has 0 saturated carbocycles. The third-order valence-corrected chi connectivity index (χ3v) is 6.62. The van der Waals surface area contributed by atoms with E-state index in [0.29, 0.717) is 11.1 Å². The minimum atomic E-state index is -0.349. The molecular weight excluding hydrogens is 412 g/mol. The van der Waals surface area contributed by atoms with E-state index in [1.807, 2.05) is 54.9 Å². The van der Waals surface area contributed by atoms with Crippen LogP contribution in [0.4, 0.5) is 0 Å². The molecule has 0 unspecified atom stereocenters. The van der Waals surface area contributed by atoms with E-state index in [1.54, 1.807) is 0 Å². The Morgan fingerprint density at radius 3 is 2.27 bits per heavy atom. The third kappa shape index (κ3) is 3.66. The molecule has 5 rings (SSSR count). The van der Waals surface area contributed by atoms with Gasteiger partial charge in [-0.05, 0) is 38.2 Å². The van der Waals surface area contributed by atoms with Crippen molar-refractivity contribution in [3.05, 3.63) is 72.1 Å². The highest BCUT2D eigenvalue weighted by Gasteiger charge is 2.34. The van der Waals surface area contributed by atoms with Gasteiger partial charge in [-0.3, -0.25) is 14.9 Å². The Hall–Kier alpha value is -3.64. The van der Waals surface area contributed by atoms with E-state index in [1.165, 1.54) is 0 Å². The van der Waals surface area contributed by atoms with Crippen LogP contribution >= 0.6 is 0 Å². The van der Waals surface area contributed by atoms with Crippen molar-refractivity contribution in [2.75, 3.05) is 19.6 Å². The number of carbonyl (C=O) groups is 2. The van der Waals surface area contributed by atoms with Gasteiger partial charge in [0.2, 0.25) is 0 Å². The lowest BCUT2D eigenvalue weighted by Crippen LogP contribution is -2.24. The Morgan fingerprint density at radius 2 is 1.52 bits per heavy atom. The number of hydrogen-bond acceptors (Lipinski definition) is 3. The first-order valence-electron chi connectivity index (χ1n) is 11.6. The molecule has 1 aliphatic heterocycles. The van der Waals surface area contributed by atoms with Crippen LogP contribution < -0.4 is 5.32 Å². The summed E-state index contributed by atoms with van der Waals surface area (Å²) in [6.45, 7) is 8.32. The van der Waals surface area contributed by atoms with Crippen molar-refractivity contribution < 1.29 is 9.59 Å². The number of rotatable bonds is 8. The summed E-state index contributed by atoms with van der Waals surface area (Å²) >= 11 is 0. The first-order valence-corrected chi connectivity index (χ1v) is 11.6. The summed E-state index contributed by atoms with van der Waals surface area (Å²) in [5.41, 5.74) is 4.45. The highest BCUT2D eigenvalue weighted by atomic mass is 16.2. The average Bonchev–Trinajstić information content (AvgIpc) is 3.49. The maximum atomic E-state index is 13.0. The molecule has 0 bridgehead atoms. The van der Waals surface area contributed by atoms with E-state index in [9.17, 15) is 9.59 Å². The van der Waals surface area contributed by atoms with Gasteiger partial charge < -0.3 is 14.5 Å². The fourth-order valence-corrected chi connectivity index (χ4v) is 4.88. The van der Waals surface area contributed by atoms with Crippen LogP contribution in [-0.2, 0) is 16.1 Å². The second-order valence-electron chi connectivity index (χ2n) is 8.41. The first kappa shape index (κ1) is 21.2. The number of para-hydroxylation sites is 2. The molecule has 4 aromatic rings. The van der Waals surface area contributed by atoms with Gasteiger partial charge in [0, 0.05) is 51.9 Å². The molecule has 3 heterocycles. The fourth-order valence-electron chi connectivity index (χ4n) is 4.88. The lowest BCUT2D eigenvalue weighted by atomic mass is 9.95. The van der Waals surface area contributed by atoms with Crippen LogP contribution in [-0.4, -0.2) is 45.9 Å². The van der Waals surface area contributed by atoms with E-state index in [4.69, 9.17) is 0 Å². The van der Waals surface area contributed by atoms with Crippen LogP contribution in [0.3, 0.4) is 0 Å². The van der Waals surface area contributed by atoms with Gasteiger partial charge in [0.15, 0.2) is 0 Å². The molecule has 0 radical (unpaired) electrons. The number of carbonyl (C=O) groups excluding carboxylic acids is 2. The summed E-state index contributed by atoms with van der Waals surface area (Å²) < 4.78 is 2.21. The lowest BCUT2D eigenvalue weighted by molar-refractivity contribution is -0.122. The molecule has 0 aliphatic carbocycles. The molecule has 2 N–H and O–H groups in total. The van der Waals surface area contributed by atoms with Crippen molar-refractivity contribution in [2.45, 2.75) is 26.8 Å². The zero-order chi connectivity index (χ0) is 22.9. The molecule has 2 aromatic heterocycles. The Balaban J connectivity index is 1.62. The second kappa shape index (κ2) is 8.71. The monoisotopic (exact) mass is 440 g/mol. The Bertz CT molecular complexity index is 1390. The summed E-state index contributed by atoms with van der Waals surface area (Å²) in [5.74, 6) is -0.690. The summed E-state index contributed by atoms with van der Waals surface area (Å²) in [4.78, 5) is 31.6. The maximum Gasteiger partial charge on any atom is 0.259 e. The number of benzene rings is 2. The minimum absolute atomic E-state index is 0.341. The molecule has 6 heteroatoms. The molecule has 0 spiro atoms. The first-order chi connectivity index (χ1) is 16.1. The van der Waals surface area contributed by atoms with Gasteiger partial charge in [0.05, 0.1) is 11.1 Å². The number of hydrogen-bond donors (Lipinski definition) is 2. The summed E-state index contributed by atoms with van der Waals surface area (Å²) in [5, 5.41) is 4.45. The number of imide groups is 1. The maximum absolute atomic E-state index is 13.0. The van der Waals surface area contributed by atoms with Crippen LogP contribution in [0.2, 0.25) is 0 Å². The molecule has 6 nitrogen and oxygen atoms in total. The quantitative estimate of drug-likeness (QED) is 0.399. The van der Waals surface area contributed by atoms with Crippen molar-refractivity contribution in [3.8, 4) is 0 Å². The van der Waals surface area contributed by atoms with E-state index < -0.39 is 0 Å². The molecule has 0 saturated heterocycles. The van der Waals surface area contributed by atoms with Gasteiger partial charge in [-0.2, -0.15) is 0 Å². The van der Waals surface area contributed by atoms with Crippen molar-refractivity contribution in [1.29, 1.82) is 0 Å². The van der Waals surface area contributed by atoms with Crippen LogP contribution in [0.15, 0.2) is 60.9 Å². The molecular formula is C27H28N4O2. The standard InChI is InChI=1S/C27H28N4O2/c1-3-30(4-2)14-9-15-31-17-21(19-11-6-8-13-23(19)31)25-24(26(32)29-27(25)33)20-16-28-22-12-7-5-10-18(20)22/h5-8,10-13,16-17,28H,3-4,9,14-15H2,1-2H3,(H,29,32,33).